The van der Waals surface area contributed by atoms with Crippen molar-refractivity contribution in [3.63, 3.8) is 0 Å². The fourth-order valence-electron chi connectivity index (χ4n) is 2.58. The highest BCUT2D eigenvalue weighted by atomic mass is 32.1. The minimum atomic E-state index is -0.185. The molecule has 1 aromatic carbocycles. The first-order valence-electron chi connectivity index (χ1n) is 7.62. The Hall–Kier alpha value is -3.06. The van der Waals surface area contributed by atoms with Gasteiger partial charge in [-0.1, -0.05) is 0 Å². The predicted molar refractivity (Wildman–Crippen MR) is 99.9 cm³/mol. The number of hydrogen-bond donors (Lipinski definition) is 0. The number of benzene rings is 1. The Labute approximate surface area is 147 Å². The van der Waals surface area contributed by atoms with Gasteiger partial charge in [0, 0.05) is 11.6 Å². The summed E-state index contributed by atoms with van der Waals surface area (Å²) < 4.78 is 7.02. The zero-order valence-electron chi connectivity index (χ0n) is 13.6. The van der Waals surface area contributed by atoms with Crippen LogP contribution in [0.3, 0.4) is 0 Å². The second-order valence-electron chi connectivity index (χ2n) is 5.43. The summed E-state index contributed by atoms with van der Waals surface area (Å²) in [6.45, 7) is 1.77. The highest BCUT2D eigenvalue weighted by molar-refractivity contribution is 7.25. The van der Waals surface area contributed by atoms with E-state index in [-0.39, 0.29) is 5.56 Å². The smallest absolute Gasteiger partial charge is 0.292 e. The van der Waals surface area contributed by atoms with Crippen molar-refractivity contribution >= 4 is 38.0 Å². The van der Waals surface area contributed by atoms with Crippen LogP contribution in [0.25, 0.3) is 20.4 Å². The molecule has 4 aromatic rings. The highest BCUT2D eigenvalue weighted by Gasteiger charge is 2.14. The van der Waals surface area contributed by atoms with Crippen LogP contribution in [0.1, 0.15) is 11.4 Å². The maximum Gasteiger partial charge on any atom is 0.292 e. The third kappa shape index (κ3) is 2.68. The van der Waals surface area contributed by atoms with Gasteiger partial charge in [-0.3, -0.25) is 4.79 Å². The predicted octanol–water partition coefficient (Wildman–Crippen LogP) is 3.21. The Morgan fingerprint density at radius 3 is 2.80 bits per heavy atom. The largest absolute Gasteiger partial charge is 0.497 e. The molecule has 0 spiro atoms. The van der Waals surface area contributed by atoms with E-state index in [4.69, 9.17) is 4.74 Å². The van der Waals surface area contributed by atoms with E-state index < -0.39 is 0 Å². The highest BCUT2D eigenvalue weighted by Crippen LogP contribution is 2.28. The lowest BCUT2D eigenvalue weighted by atomic mass is 10.2. The first kappa shape index (κ1) is 15.5. The SMILES string of the molecule is COc1ccc(C=Nn2c(C)nc3c(sc4ncccc43)c2=O)cc1. The standard InChI is InChI=1S/C18H14N4O2S/c1-11-21-15-14-4-3-9-19-17(14)25-16(15)18(23)22(11)20-10-12-5-7-13(24-2)8-6-12/h3-10H,1-2H3. The number of ether oxygens (including phenoxy) is 1. The summed E-state index contributed by atoms with van der Waals surface area (Å²) in [4.78, 5) is 22.5. The zero-order valence-corrected chi connectivity index (χ0v) is 14.4. The number of thiophene rings is 1. The Kier molecular flexibility index (Phi) is 3.77. The molecule has 3 aromatic heterocycles. The monoisotopic (exact) mass is 350 g/mol. The number of pyridine rings is 1. The van der Waals surface area contributed by atoms with Gasteiger partial charge in [-0.15, -0.1) is 11.3 Å². The second-order valence-corrected chi connectivity index (χ2v) is 6.43. The van der Waals surface area contributed by atoms with E-state index >= 15 is 0 Å². The fraction of sp³-hybridized carbons (Fsp3) is 0.111. The Morgan fingerprint density at radius 1 is 1.24 bits per heavy atom. The molecule has 0 N–H and O–H groups in total. The maximum absolute atomic E-state index is 12.8. The number of hydrogen-bond acceptors (Lipinski definition) is 6. The molecule has 0 radical (unpaired) electrons. The molecule has 0 fully saturated rings. The fourth-order valence-corrected chi connectivity index (χ4v) is 3.59. The van der Waals surface area contributed by atoms with Crippen LogP contribution in [-0.4, -0.2) is 28.0 Å². The summed E-state index contributed by atoms with van der Waals surface area (Å²) in [5, 5.41) is 5.21. The molecule has 0 amide bonds. The summed E-state index contributed by atoms with van der Waals surface area (Å²) in [5.74, 6) is 1.30. The van der Waals surface area contributed by atoms with Gasteiger partial charge in [-0.05, 0) is 48.9 Å². The number of fused-ring (bicyclic) bond motifs is 3. The molecule has 6 nitrogen and oxygen atoms in total. The average molecular weight is 350 g/mol. The van der Waals surface area contributed by atoms with Crippen molar-refractivity contribution in [1.29, 1.82) is 0 Å². The van der Waals surface area contributed by atoms with E-state index in [0.717, 1.165) is 21.5 Å². The molecule has 0 bridgehead atoms. The Bertz CT molecular complexity index is 1160. The molecule has 25 heavy (non-hydrogen) atoms. The minimum absolute atomic E-state index is 0.185. The van der Waals surface area contributed by atoms with E-state index in [0.29, 0.717) is 16.0 Å². The lowest BCUT2D eigenvalue weighted by Crippen LogP contribution is -2.19. The summed E-state index contributed by atoms with van der Waals surface area (Å²) in [7, 11) is 1.62. The van der Waals surface area contributed by atoms with Crippen molar-refractivity contribution in [2.24, 2.45) is 5.10 Å². The molecule has 0 saturated heterocycles. The van der Waals surface area contributed by atoms with E-state index in [1.807, 2.05) is 36.4 Å². The maximum atomic E-state index is 12.8. The van der Waals surface area contributed by atoms with Gasteiger partial charge in [0.05, 0.1) is 18.8 Å². The molecule has 0 aliphatic rings. The molecule has 0 aliphatic carbocycles. The summed E-state index contributed by atoms with van der Waals surface area (Å²) in [6.07, 6.45) is 3.35. The lowest BCUT2D eigenvalue weighted by molar-refractivity contribution is 0.415. The Morgan fingerprint density at radius 2 is 2.04 bits per heavy atom. The number of methoxy groups -OCH3 is 1. The molecule has 0 saturated carbocycles. The van der Waals surface area contributed by atoms with Gasteiger partial charge < -0.3 is 4.74 Å². The molecular formula is C18H14N4O2S. The molecule has 0 atom stereocenters. The molecule has 7 heteroatoms. The zero-order chi connectivity index (χ0) is 17.4. The third-order valence-electron chi connectivity index (χ3n) is 3.84. The average Bonchev–Trinajstić information content (AvgIpc) is 3.01. The van der Waals surface area contributed by atoms with Gasteiger partial charge in [0.15, 0.2) is 0 Å². The van der Waals surface area contributed by atoms with Gasteiger partial charge >= 0.3 is 0 Å². The van der Waals surface area contributed by atoms with Crippen molar-refractivity contribution in [2.75, 3.05) is 7.11 Å². The van der Waals surface area contributed by atoms with Crippen LogP contribution in [-0.2, 0) is 0 Å². The van der Waals surface area contributed by atoms with Crippen LogP contribution >= 0.6 is 11.3 Å². The van der Waals surface area contributed by atoms with Gasteiger partial charge in [0.2, 0.25) is 0 Å². The van der Waals surface area contributed by atoms with Crippen LogP contribution < -0.4 is 10.3 Å². The molecule has 3 heterocycles. The van der Waals surface area contributed by atoms with Gasteiger partial charge in [-0.2, -0.15) is 9.78 Å². The number of nitrogens with zero attached hydrogens (tertiary/aromatic N) is 4. The van der Waals surface area contributed by atoms with Crippen molar-refractivity contribution in [2.45, 2.75) is 6.92 Å². The molecule has 0 aliphatic heterocycles. The number of aryl methyl sites for hydroxylation is 1. The van der Waals surface area contributed by atoms with Crippen molar-refractivity contribution in [3.8, 4) is 5.75 Å². The third-order valence-corrected chi connectivity index (χ3v) is 4.94. The molecule has 4 rings (SSSR count). The Balaban J connectivity index is 1.82. The van der Waals surface area contributed by atoms with Crippen LogP contribution in [0.4, 0.5) is 0 Å². The molecule has 124 valence electrons. The molecule has 0 unspecified atom stereocenters. The summed E-state index contributed by atoms with van der Waals surface area (Å²) in [6, 6.07) is 11.2. The minimum Gasteiger partial charge on any atom is -0.497 e. The second kappa shape index (κ2) is 6.10. The topological polar surface area (TPSA) is 69.4 Å². The van der Waals surface area contributed by atoms with Gasteiger partial charge in [-0.25, -0.2) is 9.97 Å². The molecular weight excluding hydrogens is 336 g/mol. The first-order valence-corrected chi connectivity index (χ1v) is 8.44. The number of rotatable bonds is 3. The van der Waals surface area contributed by atoms with Crippen LogP contribution in [0.5, 0.6) is 5.75 Å². The van der Waals surface area contributed by atoms with E-state index in [1.165, 1.54) is 16.0 Å². The van der Waals surface area contributed by atoms with Crippen LogP contribution in [0.2, 0.25) is 0 Å². The van der Waals surface area contributed by atoms with Crippen molar-refractivity contribution in [3.05, 3.63) is 64.3 Å². The van der Waals surface area contributed by atoms with E-state index in [2.05, 4.69) is 15.1 Å². The van der Waals surface area contributed by atoms with Crippen LogP contribution in [0, 0.1) is 6.92 Å². The summed E-state index contributed by atoms with van der Waals surface area (Å²) >= 11 is 1.34. The quantitative estimate of drug-likeness (QED) is 0.532. The number of aromatic nitrogens is 3. The van der Waals surface area contributed by atoms with Crippen molar-refractivity contribution in [1.82, 2.24) is 14.6 Å². The van der Waals surface area contributed by atoms with E-state index in [9.17, 15) is 4.79 Å². The van der Waals surface area contributed by atoms with Gasteiger partial charge in [0.1, 0.15) is 21.1 Å². The van der Waals surface area contributed by atoms with E-state index in [1.54, 1.807) is 26.4 Å². The first-order chi connectivity index (χ1) is 12.2. The lowest BCUT2D eigenvalue weighted by Gasteiger charge is -2.03. The summed E-state index contributed by atoms with van der Waals surface area (Å²) in [5.41, 5.74) is 1.37. The van der Waals surface area contributed by atoms with Gasteiger partial charge in [0.25, 0.3) is 5.56 Å². The van der Waals surface area contributed by atoms with Crippen LogP contribution in [0.15, 0.2) is 52.5 Å². The van der Waals surface area contributed by atoms with Crippen molar-refractivity contribution < 1.29 is 4.74 Å². The normalized spacial score (nSPS) is 11.6.